The molecule has 164 valence electrons. The smallest absolute Gasteiger partial charge is 0.251 e. The maximum Gasteiger partial charge on any atom is 0.251 e. The Kier molecular flexibility index (Phi) is 6.08. The number of rotatable bonds is 6. The minimum atomic E-state index is -3.63. The SMILES string of the molecule is C[C@@H]1CN(S(=O)(=O)c2ccc(C(=O)NCCc3nc4ccccc4[nH]3)cc2)C[C@H](C)O1. The number of para-hydroxylation sites is 2. The van der Waals surface area contributed by atoms with Crippen molar-refractivity contribution in [1.29, 1.82) is 0 Å². The highest BCUT2D eigenvalue weighted by atomic mass is 32.2. The fraction of sp³-hybridized carbons (Fsp3) is 0.364. The average Bonchev–Trinajstić information content (AvgIpc) is 3.16. The van der Waals surface area contributed by atoms with E-state index in [1.165, 1.54) is 28.6 Å². The Labute approximate surface area is 181 Å². The Morgan fingerprint density at radius 3 is 2.48 bits per heavy atom. The summed E-state index contributed by atoms with van der Waals surface area (Å²) in [6, 6.07) is 13.8. The van der Waals surface area contributed by atoms with Gasteiger partial charge in [0.2, 0.25) is 10.0 Å². The van der Waals surface area contributed by atoms with E-state index in [0.717, 1.165) is 16.9 Å². The van der Waals surface area contributed by atoms with Gasteiger partial charge in [0.05, 0.1) is 28.1 Å². The average molecular weight is 443 g/mol. The lowest BCUT2D eigenvalue weighted by Gasteiger charge is -2.34. The first-order chi connectivity index (χ1) is 14.8. The third kappa shape index (κ3) is 4.79. The number of nitrogens with zero attached hydrogens (tertiary/aromatic N) is 2. The number of nitrogens with one attached hydrogen (secondary N) is 2. The lowest BCUT2D eigenvalue weighted by molar-refractivity contribution is -0.0440. The summed E-state index contributed by atoms with van der Waals surface area (Å²) in [6.45, 7) is 4.77. The molecule has 0 spiro atoms. The van der Waals surface area contributed by atoms with Gasteiger partial charge >= 0.3 is 0 Å². The second-order valence-corrected chi connectivity index (χ2v) is 9.75. The number of sulfonamides is 1. The van der Waals surface area contributed by atoms with Crippen LogP contribution >= 0.6 is 0 Å². The maximum absolute atomic E-state index is 12.9. The minimum Gasteiger partial charge on any atom is -0.373 e. The molecular weight excluding hydrogens is 416 g/mol. The highest BCUT2D eigenvalue weighted by molar-refractivity contribution is 7.89. The topological polar surface area (TPSA) is 104 Å². The second kappa shape index (κ2) is 8.78. The Hall–Kier alpha value is -2.75. The molecule has 9 heteroatoms. The monoisotopic (exact) mass is 442 g/mol. The summed E-state index contributed by atoms with van der Waals surface area (Å²) in [5.41, 5.74) is 2.27. The number of benzene rings is 2. The fourth-order valence-electron chi connectivity index (χ4n) is 3.77. The summed E-state index contributed by atoms with van der Waals surface area (Å²) in [7, 11) is -3.63. The van der Waals surface area contributed by atoms with E-state index in [4.69, 9.17) is 4.74 Å². The molecule has 1 fully saturated rings. The lowest BCUT2D eigenvalue weighted by Crippen LogP contribution is -2.48. The van der Waals surface area contributed by atoms with Crippen molar-refractivity contribution in [3.63, 3.8) is 0 Å². The Morgan fingerprint density at radius 2 is 1.81 bits per heavy atom. The summed E-state index contributed by atoms with van der Waals surface area (Å²) < 4.78 is 32.9. The highest BCUT2D eigenvalue weighted by Crippen LogP contribution is 2.21. The molecule has 0 saturated carbocycles. The molecular formula is C22H26N4O4S. The predicted molar refractivity (Wildman–Crippen MR) is 117 cm³/mol. The van der Waals surface area contributed by atoms with E-state index in [1.54, 1.807) is 0 Å². The molecule has 0 aliphatic carbocycles. The van der Waals surface area contributed by atoms with Crippen LogP contribution in [0.3, 0.4) is 0 Å². The number of carbonyl (C=O) groups excluding carboxylic acids is 1. The molecule has 0 unspecified atom stereocenters. The molecule has 3 aromatic rings. The summed E-state index contributed by atoms with van der Waals surface area (Å²) in [4.78, 5) is 20.3. The number of carbonyl (C=O) groups is 1. The van der Waals surface area contributed by atoms with Crippen molar-refractivity contribution < 1.29 is 17.9 Å². The molecule has 1 aliphatic rings. The van der Waals surface area contributed by atoms with Gasteiger partial charge in [0.15, 0.2) is 0 Å². The molecule has 1 saturated heterocycles. The van der Waals surface area contributed by atoms with Gasteiger partial charge < -0.3 is 15.0 Å². The molecule has 1 aliphatic heterocycles. The number of aromatic nitrogens is 2. The van der Waals surface area contributed by atoms with Crippen LogP contribution in [-0.2, 0) is 21.2 Å². The Bertz CT molecular complexity index is 1130. The number of hydrogen-bond acceptors (Lipinski definition) is 5. The summed E-state index contributed by atoms with van der Waals surface area (Å²) >= 11 is 0. The highest BCUT2D eigenvalue weighted by Gasteiger charge is 2.32. The number of H-pyrrole nitrogens is 1. The van der Waals surface area contributed by atoms with E-state index >= 15 is 0 Å². The van der Waals surface area contributed by atoms with Crippen LogP contribution in [-0.4, -0.2) is 60.4 Å². The first kappa shape index (κ1) is 21.5. The van der Waals surface area contributed by atoms with Crippen LogP contribution in [0.15, 0.2) is 53.4 Å². The van der Waals surface area contributed by atoms with Gasteiger partial charge in [0.1, 0.15) is 5.82 Å². The van der Waals surface area contributed by atoms with Gasteiger partial charge in [-0.05, 0) is 50.2 Å². The molecule has 2 atom stereocenters. The summed E-state index contributed by atoms with van der Waals surface area (Å²) in [5.74, 6) is 0.547. The molecule has 0 radical (unpaired) electrons. The third-order valence-electron chi connectivity index (χ3n) is 5.23. The first-order valence-electron chi connectivity index (χ1n) is 10.3. The molecule has 4 rings (SSSR count). The van der Waals surface area contributed by atoms with Crippen molar-refractivity contribution in [3.05, 3.63) is 59.9 Å². The normalized spacial score (nSPS) is 20.1. The number of ether oxygens (including phenoxy) is 1. The third-order valence-corrected chi connectivity index (χ3v) is 7.07. The summed E-state index contributed by atoms with van der Waals surface area (Å²) in [5, 5.41) is 2.85. The Morgan fingerprint density at radius 1 is 1.13 bits per heavy atom. The zero-order valence-electron chi connectivity index (χ0n) is 17.5. The van der Waals surface area contributed by atoms with Crippen molar-refractivity contribution in [2.24, 2.45) is 0 Å². The van der Waals surface area contributed by atoms with E-state index in [1.807, 2.05) is 38.1 Å². The zero-order chi connectivity index (χ0) is 22.0. The van der Waals surface area contributed by atoms with E-state index in [0.29, 0.717) is 31.6 Å². The van der Waals surface area contributed by atoms with Crippen LogP contribution in [0.2, 0.25) is 0 Å². The van der Waals surface area contributed by atoms with Gasteiger partial charge in [-0.25, -0.2) is 13.4 Å². The van der Waals surface area contributed by atoms with Crippen LogP contribution < -0.4 is 5.32 Å². The first-order valence-corrected chi connectivity index (χ1v) is 11.7. The summed E-state index contributed by atoms with van der Waals surface area (Å²) in [6.07, 6.45) is 0.256. The maximum atomic E-state index is 12.9. The van der Waals surface area contributed by atoms with Crippen LogP contribution in [0.25, 0.3) is 11.0 Å². The second-order valence-electron chi connectivity index (χ2n) is 7.81. The number of imidazole rings is 1. The van der Waals surface area contributed by atoms with Crippen molar-refractivity contribution in [2.45, 2.75) is 37.4 Å². The van der Waals surface area contributed by atoms with E-state index in [-0.39, 0.29) is 23.0 Å². The van der Waals surface area contributed by atoms with Crippen LogP contribution in [0.5, 0.6) is 0 Å². The number of aromatic amines is 1. The number of morpholine rings is 1. The van der Waals surface area contributed by atoms with Crippen LogP contribution in [0, 0.1) is 0 Å². The molecule has 1 amide bonds. The van der Waals surface area contributed by atoms with Gasteiger partial charge in [-0.1, -0.05) is 12.1 Å². The largest absolute Gasteiger partial charge is 0.373 e. The molecule has 0 bridgehead atoms. The van der Waals surface area contributed by atoms with Crippen LogP contribution in [0.4, 0.5) is 0 Å². The van der Waals surface area contributed by atoms with E-state index < -0.39 is 10.0 Å². The lowest BCUT2D eigenvalue weighted by atomic mass is 10.2. The van der Waals surface area contributed by atoms with Crippen molar-refractivity contribution in [3.8, 4) is 0 Å². The molecule has 31 heavy (non-hydrogen) atoms. The molecule has 2 N–H and O–H groups in total. The van der Waals surface area contributed by atoms with Crippen molar-refractivity contribution in [2.75, 3.05) is 19.6 Å². The van der Waals surface area contributed by atoms with Gasteiger partial charge in [-0.2, -0.15) is 4.31 Å². The van der Waals surface area contributed by atoms with Gasteiger partial charge in [0, 0.05) is 31.6 Å². The van der Waals surface area contributed by atoms with Crippen LogP contribution in [0.1, 0.15) is 30.0 Å². The van der Waals surface area contributed by atoms with Gasteiger partial charge in [-0.3, -0.25) is 4.79 Å². The van der Waals surface area contributed by atoms with Crippen molar-refractivity contribution in [1.82, 2.24) is 19.6 Å². The van der Waals surface area contributed by atoms with E-state index in [2.05, 4.69) is 15.3 Å². The van der Waals surface area contributed by atoms with Crippen molar-refractivity contribution >= 4 is 27.0 Å². The number of amides is 1. The molecule has 2 heterocycles. The zero-order valence-corrected chi connectivity index (χ0v) is 18.4. The van der Waals surface area contributed by atoms with E-state index in [9.17, 15) is 13.2 Å². The molecule has 2 aromatic carbocycles. The van der Waals surface area contributed by atoms with Gasteiger partial charge in [-0.15, -0.1) is 0 Å². The van der Waals surface area contributed by atoms with Gasteiger partial charge in [0.25, 0.3) is 5.91 Å². The Balaban J connectivity index is 1.36. The predicted octanol–water partition coefficient (Wildman–Crippen LogP) is 2.33. The minimum absolute atomic E-state index is 0.157. The quantitative estimate of drug-likeness (QED) is 0.610. The molecule has 8 nitrogen and oxygen atoms in total. The fourth-order valence-corrected chi connectivity index (χ4v) is 5.37. The number of fused-ring (bicyclic) bond motifs is 1. The number of hydrogen-bond donors (Lipinski definition) is 2. The standard InChI is InChI=1S/C22H26N4O4S/c1-15-13-26(14-16(2)30-15)31(28,29)18-9-7-17(8-10-18)22(27)23-12-11-21-24-19-5-3-4-6-20(19)25-21/h3-10,15-16H,11-14H2,1-2H3,(H,23,27)(H,24,25)/t15-,16+. The molecule has 1 aromatic heterocycles.